The van der Waals surface area contributed by atoms with Crippen LogP contribution in [0.3, 0.4) is 0 Å². The molecule has 1 aromatic carbocycles. The molecule has 130 valence electrons. The highest BCUT2D eigenvalue weighted by molar-refractivity contribution is 5.71. The summed E-state index contributed by atoms with van der Waals surface area (Å²) in [5.74, 6) is 2.47. The molecule has 0 spiro atoms. The zero-order chi connectivity index (χ0) is 17.9. The number of hydrogen-bond acceptors (Lipinski definition) is 6. The van der Waals surface area contributed by atoms with Gasteiger partial charge >= 0.3 is 0 Å². The van der Waals surface area contributed by atoms with Crippen molar-refractivity contribution in [3.63, 3.8) is 0 Å². The molecule has 0 aliphatic carbocycles. The van der Waals surface area contributed by atoms with Crippen LogP contribution in [0, 0.1) is 0 Å². The van der Waals surface area contributed by atoms with E-state index in [4.69, 9.17) is 13.9 Å². The van der Waals surface area contributed by atoms with Crippen LogP contribution in [0.25, 0.3) is 17.1 Å². The molecule has 0 aliphatic rings. The smallest absolute Gasteiger partial charge is 0.190 e. The molecule has 0 atom stereocenters. The fourth-order valence-corrected chi connectivity index (χ4v) is 2.63. The van der Waals surface area contributed by atoms with Crippen LogP contribution in [0.2, 0.25) is 0 Å². The number of ether oxygens (including phenoxy) is 2. The summed E-state index contributed by atoms with van der Waals surface area (Å²) in [6, 6.07) is 14.7. The number of rotatable bonds is 5. The quantitative estimate of drug-likeness (QED) is 0.474. The number of benzene rings is 1. The molecule has 4 rings (SSSR count). The Kier molecular flexibility index (Phi) is 4.10. The molecule has 0 radical (unpaired) electrons. The first-order chi connectivity index (χ1) is 12.8. The van der Waals surface area contributed by atoms with E-state index in [-0.39, 0.29) is 0 Å². The van der Waals surface area contributed by atoms with Crippen molar-refractivity contribution >= 4 is 17.2 Å². The summed E-state index contributed by atoms with van der Waals surface area (Å²) in [7, 11) is 3.19. The fraction of sp³-hybridized carbons (Fsp3) is 0.105. The summed E-state index contributed by atoms with van der Waals surface area (Å²) in [5, 5.41) is 8.80. The van der Waals surface area contributed by atoms with Gasteiger partial charge in [0.15, 0.2) is 17.3 Å². The maximum atomic E-state index is 5.50. The second kappa shape index (κ2) is 6.72. The lowest BCUT2D eigenvalue weighted by Gasteiger charge is -2.05. The maximum Gasteiger partial charge on any atom is 0.190 e. The van der Waals surface area contributed by atoms with E-state index in [9.17, 15) is 0 Å². The molecule has 7 nitrogen and oxygen atoms in total. The van der Waals surface area contributed by atoms with Crippen LogP contribution < -0.4 is 9.47 Å². The van der Waals surface area contributed by atoms with Crippen molar-refractivity contribution in [2.75, 3.05) is 14.2 Å². The Morgan fingerprint density at radius 2 is 1.92 bits per heavy atom. The Hall–Kier alpha value is -3.61. The average molecular weight is 348 g/mol. The maximum absolute atomic E-state index is 5.50. The van der Waals surface area contributed by atoms with Crippen molar-refractivity contribution in [2.24, 2.45) is 10.2 Å². The van der Waals surface area contributed by atoms with Crippen LogP contribution in [0.5, 0.6) is 11.5 Å². The minimum absolute atomic E-state index is 0.558. The van der Waals surface area contributed by atoms with Crippen LogP contribution in [0.1, 0.15) is 0 Å². The van der Waals surface area contributed by atoms with Crippen molar-refractivity contribution in [1.29, 1.82) is 0 Å². The molecule has 0 bridgehead atoms. The number of methoxy groups -OCH3 is 2. The van der Waals surface area contributed by atoms with Crippen molar-refractivity contribution in [2.45, 2.75) is 0 Å². The SMILES string of the molecule is COc1ccc(OC)c(N=Nc2c(-c3ccco3)nc3ccccn23)c1. The number of nitrogens with zero attached hydrogens (tertiary/aromatic N) is 4. The molecule has 3 heterocycles. The van der Waals surface area contributed by atoms with Gasteiger partial charge in [0.1, 0.15) is 22.8 Å². The summed E-state index contributed by atoms with van der Waals surface area (Å²) >= 11 is 0. The predicted octanol–water partition coefficient (Wildman–Crippen LogP) is 5.03. The van der Waals surface area contributed by atoms with Gasteiger partial charge in [0.05, 0.1) is 20.5 Å². The van der Waals surface area contributed by atoms with Crippen molar-refractivity contribution in [1.82, 2.24) is 9.38 Å². The molecule has 0 saturated carbocycles. The van der Waals surface area contributed by atoms with E-state index in [1.165, 1.54) is 0 Å². The first-order valence-electron chi connectivity index (χ1n) is 7.95. The first-order valence-corrected chi connectivity index (χ1v) is 7.95. The van der Waals surface area contributed by atoms with E-state index >= 15 is 0 Å². The molecule has 0 N–H and O–H groups in total. The average Bonchev–Trinajstić information content (AvgIpc) is 3.33. The number of hydrogen-bond donors (Lipinski definition) is 0. The molecule has 26 heavy (non-hydrogen) atoms. The van der Waals surface area contributed by atoms with Gasteiger partial charge in [-0.15, -0.1) is 10.2 Å². The van der Waals surface area contributed by atoms with E-state index < -0.39 is 0 Å². The standard InChI is InChI=1S/C19H16N4O3/c1-24-13-8-9-15(25-2)14(12-13)21-22-19-18(16-6-5-11-26-16)20-17-7-3-4-10-23(17)19/h3-12H,1-2H3. The van der Waals surface area contributed by atoms with Gasteiger partial charge in [-0.25, -0.2) is 4.98 Å². The van der Waals surface area contributed by atoms with Gasteiger partial charge in [-0.05, 0) is 36.4 Å². The minimum atomic E-state index is 0.558. The van der Waals surface area contributed by atoms with E-state index in [0.29, 0.717) is 34.5 Å². The Morgan fingerprint density at radius 3 is 2.69 bits per heavy atom. The number of azo groups is 1. The van der Waals surface area contributed by atoms with E-state index in [1.54, 1.807) is 38.7 Å². The van der Waals surface area contributed by atoms with Gasteiger partial charge in [-0.3, -0.25) is 4.40 Å². The molecule has 7 heteroatoms. The number of pyridine rings is 1. The second-order valence-electron chi connectivity index (χ2n) is 5.43. The third-order valence-electron chi connectivity index (χ3n) is 3.90. The monoisotopic (exact) mass is 348 g/mol. The minimum Gasteiger partial charge on any atom is -0.497 e. The highest BCUT2D eigenvalue weighted by Gasteiger charge is 2.16. The summed E-state index contributed by atoms with van der Waals surface area (Å²) in [6.07, 6.45) is 3.48. The normalized spacial score (nSPS) is 11.3. The lowest BCUT2D eigenvalue weighted by Crippen LogP contribution is -1.86. The zero-order valence-electron chi connectivity index (χ0n) is 14.3. The number of aromatic nitrogens is 2. The fourth-order valence-electron chi connectivity index (χ4n) is 2.63. The highest BCUT2D eigenvalue weighted by atomic mass is 16.5. The van der Waals surface area contributed by atoms with Crippen LogP contribution >= 0.6 is 0 Å². The number of imidazole rings is 1. The van der Waals surface area contributed by atoms with Gasteiger partial charge < -0.3 is 13.9 Å². The van der Waals surface area contributed by atoms with Crippen molar-refractivity contribution in [3.8, 4) is 23.0 Å². The molecular weight excluding hydrogens is 332 g/mol. The summed E-state index contributed by atoms with van der Waals surface area (Å²) in [5.41, 5.74) is 1.93. The van der Waals surface area contributed by atoms with E-state index in [0.717, 1.165) is 5.65 Å². The van der Waals surface area contributed by atoms with Gasteiger partial charge in [-0.1, -0.05) is 6.07 Å². The topological polar surface area (TPSA) is 73.6 Å². The molecular formula is C19H16N4O3. The molecule has 3 aromatic heterocycles. The van der Waals surface area contributed by atoms with Gasteiger partial charge in [-0.2, -0.15) is 0 Å². The summed E-state index contributed by atoms with van der Waals surface area (Å²) in [6.45, 7) is 0. The molecule has 4 aromatic rings. The van der Waals surface area contributed by atoms with Gasteiger partial charge in [0, 0.05) is 12.3 Å². The van der Waals surface area contributed by atoms with Crippen molar-refractivity contribution < 1.29 is 13.9 Å². The third kappa shape index (κ3) is 2.79. The Morgan fingerprint density at radius 1 is 1.00 bits per heavy atom. The van der Waals surface area contributed by atoms with E-state index in [2.05, 4.69) is 15.2 Å². The van der Waals surface area contributed by atoms with E-state index in [1.807, 2.05) is 40.9 Å². The predicted molar refractivity (Wildman–Crippen MR) is 96.6 cm³/mol. The first kappa shape index (κ1) is 15.9. The second-order valence-corrected chi connectivity index (χ2v) is 5.43. The van der Waals surface area contributed by atoms with Crippen molar-refractivity contribution in [3.05, 3.63) is 61.0 Å². The van der Waals surface area contributed by atoms with Crippen LogP contribution in [-0.4, -0.2) is 23.6 Å². The van der Waals surface area contributed by atoms with Crippen LogP contribution in [-0.2, 0) is 0 Å². The Labute approximate surface area is 149 Å². The molecule has 0 amide bonds. The Bertz CT molecular complexity index is 1070. The third-order valence-corrected chi connectivity index (χ3v) is 3.90. The molecule has 0 aliphatic heterocycles. The number of fused-ring (bicyclic) bond motifs is 1. The Balaban J connectivity index is 1.85. The summed E-state index contributed by atoms with van der Waals surface area (Å²) in [4.78, 5) is 4.60. The van der Waals surface area contributed by atoms with Gasteiger partial charge in [0.25, 0.3) is 0 Å². The lowest BCUT2D eigenvalue weighted by atomic mass is 10.3. The lowest BCUT2D eigenvalue weighted by molar-refractivity contribution is 0.404. The molecule has 0 fully saturated rings. The van der Waals surface area contributed by atoms with Crippen LogP contribution in [0.4, 0.5) is 11.5 Å². The van der Waals surface area contributed by atoms with Gasteiger partial charge in [0.2, 0.25) is 0 Å². The largest absolute Gasteiger partial charge is 0.497 e. The molecule has 0 unspecified atom stereocenters. The number of furan rings is 1. The summed E-state index contributed by atoms with van der Waals surface area (Å²) < 4.78 is 18.0. The highest BCUT2D eigenvalue weighted by Crippen LogP contribution is 2.36. The molecule has 0 saturated heterocycles. The zero-order valence-corrected chi connectivity index (χ0v) is 14.3. The van der Waals surface area contributed by atoms with Crippen LogP contribution in [0.15, 0.2) is 75.6 Å².